The lowest BCUT2D eigenvalue weighted by molar-refractivity contribution is 0.102. The molecule has 0 saturated heterocycles. The van der Waals surface area contributed by atoms with Gasteiger partial charge in [-0.15, -0.1) is 15.3 Å². The Bertz CT molecular complexity index is 1090. The number of hydrogen-bond acceptors (Lipinski definition) is 9. The molecule has 1 N–H and O–H groups in total. The van der Waals surface area contributed by atoms with Crippen LogP contribution in [-0.4, -0.2) is 35.7 Å². The molecule has 134 valence electrons. The summed E-state index contributed by atoms with van der Waals surface area (Å²) in [6, 6.07) is 6.04. The van der Waals surface area contributed by atoms with Crippen molar-refractivity contribution in [3.8, 4) is 21.8 Å². The Kier molecular flexibility index (Phi) is 4.65. The summed E-state index contributed by atoms with van der Waals surface area (Å²) in [5, 5.41) is 15.4. The summed E-state index contributed by atoms with van der Waals surface area (Å²) in [6.07, 6.45) is 3.17. The summed E-state index contributed by atoms with van der Waals surface area (Å²) < 4.78 is 3.76. The van der Waals surface area contributed by atoms with E-state index in [-0.39, 0.29) is 5.91 Å². The number of anilines is 1. The first-order valence-electron chi connectivity index (χ1n) is 7.92. The second kappa shape index (κ2) is 7.25. The predicted molar refractivity (Wildman–Crippen MR) is 104 cm³/mol. The number of nitrogens with zero attached hydrogens (tertiary/aromatic N) is 6. The zero-order valence-corrected chi connectivity index (χ0v) is 16.0. The Morgan fingerprint density at radius 3 is 2.67 bits per heavy atom. The zero-order chi connectivity index (χ0) is 18.8. The van der Waals surface area contributed by atoms with Crippen LogP contribution in [0.2, 0.25) is 0 Å². The Morgan fingerprint density at radius 2 is 2.00 bits per heavy atom. The lowest BCUT2D eigenvalue weighted by Crippen LogP contribution is -2.13. The zero-order valence-electron chi connectivity index (χ0n) is 14.4. The minimum atomic E-state index is -0.293. The second-order valence-corrected chi connectivity index (χ2v) is 7.29. The molecule has 0 aliphatic heterocycles. The fourth-order valence-corrected chi connectivity index (χ4v) is 3.58. The maximum atomic E-state index is 12.2. The van der Waals surface area contributed by atoms with E-state index in [0.717, 1.165) is 33.2 Å². The summed E-state index contributed by atoms with van der Waals surface area (Å²) in [6.45, 7) is 3.75. The SMILES string of the molecule is Cc1ccc(-c2nncs2)cc1-c1cnc(NC(=O)c2snnc2C)cn1. The molecule has 0 saturated carbocycles. The average Bonchev–Trinajstić information content (AvgIpc) is 3.35. The maximum Gasteiger partial charge on any atom is 0.270 e. The second-order valence-electron chi connectivity index (χ2n) is 5.70. The van der Waals surface area contributed by atoms with Crippen molar-refractivity contribution in [2.45, 2.75) is 13.8 Å². The molecule has 0 fully saturated rings. The molecule has 0 aliphatic rings. The molecule has 3 heterocycles. The maximum absolute atomic E-state index is 12.2. The monoisotopic (exact) mass is 395 g/mol. The normalized spacial score (nSPS) is 10.7. The number of hydrogen-bond donors (Lipinski definition) is 1. The molecule has 4 aromatic rings. The van der Waals surface area contributed by atoms with Crippen molar-refractivity contribution in [3.63, 3.8) is 0 Å². The van der Waals surface area contributed by atoms with Crippen LogP contribution in [0, 0.1) is 13.8 Å². The van der Waals surface area contributed by atoms with Crippen LogP contribution in [0.25, 0.3) is 21.8 Å². The van der Waals surface area contributed by atoms with Gasteiger partial charge in [0.2, 0.25) is 0 Å². The van der Waals surface area contributed by atoms with Crippen molar-refractivity contribution in [3.05, 3.63) is 52.2 Å². The molecule has 1 aromatic carbocycles. The fourth-order valence-electron chi connectivity index (χ4n) is 2.47. The molecule has 1 amide bonds. The van der Waals surface area contributed by atoms with Gasteiger partial charge in [-0.2, -0.15) is 0 Å². The standard InChI is InChI=1S/C17H13N7OS2/c1-9-3-4-11(17-23-20-8-26-17)5-12(9)13-6-19-14(7-18-13)21-16(25)15-10(2)22-24-27-15/h3-8H,1-2H3,(H,19,21,25). The summed E-state index contributed by atoms with van der Waals surface area (Å²) >= 11 is 2.53. The lowest BCUT2D eigenvalue weighted by atomic mass is 10.0. The topological polar surface area (TPSA) is 106 Å². The van der Waals surface area contributed by atoms with Crippen LogP contribution in [0.15, 0.2) is 36.1 Å². The smallest absolute Gasteiger partial charge is 0.270 e. The van der Waals surface area contributed by atoms with Gasteiger partial charge in [0.1, 0.15) is 15.4 Å². The third-order valence-corrected chi connectivity index (χ3v) is 5.44. The van der Waals surface area contributed by atoms with Gasteiger partial charge in [0.15, 0.2) is 5.82 Å². The first-order valence-corrected chi connectivity index (χ1v) is 9.57. The molecule has 0 radical (unpaired) electrons. The third-order valence-electron chi connectivity index (χ3n) is 3.87. The van der Waals surface area contributed by atoms with Crippen molar-refractivity contribution < 1.29 is 4.79 Å². The number of benzene rings is 1. The largest absolute Gasteiger partial charge is 0.304 e. The first-order chi connectivity index (χ1) is 13.1. The van der Waals surface area contributed by atoms with Crippen LogP contribution in [0.1, 0.15) is 20.9 Å². The van der Waals surface area contributed by atoms with Gasteiger partial charge >= 0.3 is 0 Å². The van der Waals surface area contributed by atoms with Crippen molar-refractivity contribution >= 4 is 34.6 Å². The van der Waals surface area contributed by atoms with Crippen LogP contribution < -0.4 is 5.32 Å². The molecule has 10 heteroatoms. The molecule has 0 atom stereocenters. The summed E-state index contributed by atoms with van der Waals surface area (Å²) in [4.78, 5) is 21.4. The third kappa shape index (κ3) is 3.57. The highest BCUT2D eigenvalue weighted by molar-refractivity contribution is 7.12. The van der Waals surface area contributed by atoms with Crippen molar-refractivity contribution in [1.82, 2.24) is 29.8 Å². The molecule has 4 rings (SSSR count). The van der Waals surface area contributed by atoms with Gasteiger partial charge in [0, 0.05) is 11.1 Å². The molecule has 8 nitrogen and oxygen atoms in total. The average molecular weight is 395 g/mol. The van der Waals surface area contributed by atoms with E-state index < -0.39 is 0 Å². The van der Waals surface area contributed by atoms with Gasteiger partial charge in [0.05, 0.1) is 23.8 Å². The molecule has 0 bridgehead atoms. The molecular formula is C17H13N7OS2. The van der Waals surface area contributed by atoms with Gasteiger partial charge in [0.25, 0.3) is 5.91 Å². The molecule has 27 heavy (non-hydrogen) atoms. The van der Waals surface area contributed by atoms with E-state index in [1.807, 2.05) is 25.1 Å². The number of carbonyl (C=O) groups excluding carboxylic acids is 1. The molecule has 0 unspecified atom stereocenters. The summed E-state index contributed by atoms with van der Waals surface area (Å²) in [7, 11) is 0. The van der Waals surface area contributed by atoms with Crippen LogP contribution in [0.4, 0.5) is 5.82 Å². The Hall–Kier alpha value is -3.11. The van der Waals surface area contributed by atoms with Crippen LogP contribution in [0.5, 0.6) is 0 Å². The van der Waals surface area contributed by atoms with E-state index in [4.69, 9.17) is 0 Å². The predicted octanol–water partition coefficient (Wildman–Crippen LogP) is 3.38. The van der Waals surface area contributed by atoms with E-state index in [9.17, 15) is 4.79 Å². The molecule has 0 spiro atoms. The number of amides is 1. The highest BCUT2D eigenvalue weighted by Crippen LogP contribution is 2.28. The fraction of sp³-hybridized carbons (Fsp3) is 0.118. The Morgan fingerprint density at radius 1 is 1.11 bits per heavy atom. The minimum Gasteiger partial charge on any atom is -0.304 e. The summed E-state index contributed by atoms with van der Waals surface area (Å²) in [5.74, 6) is 0.0773. The number of aromatic nitrogens is 6. The van der Waals surface area contributed by atoms with Gasteiger partial charge in [-0.1, -0.05) is 28.0 Å². The van der Waals surface area contributed by atoms with Gasteiger partial charge in [-0.25, -0.2) is 4.98 Å². The van der Waals surface area contributed by atoms with E-state index in [1.165, 1.54) is 17.5 Å². The van der Waals surface area contributed by atoms with Crippen LogP contribution in [0.3, 0.4) is 0 Å². The van der Waals surface area contributed by atoms with Crippen molar-refractivity contribution in [2.75, 3.05) is 5.32 Å². The minimum absolute atomic E-state index is 0.293. The highest BCUT2D eigenvalue weighted by atomic mass is 32.1. The quantitative estimate of drug-likeness (QED) is 0.564. The molecule has 3 aromatic heterocycles. The van der Waals surface area contributed by atoms with E-state index in [2.05, 4.69) is 35.1 Å². The summed E-state index contributed by atoms with van der Waals surface area (Å²) in [5.41, 5.74) is 6.01. The van der Waals surface area contributed by atoms with Gasteiger partial charge < -0.3 is 5.32 Å². The Labute approximate surface area is 162 Å². The first kappa shape index (κ1) is 17.3. The number of nitrogens with one attached hydrogen (secondary N) is 1. The number of rotatable bonds is 4. The highest BCUT2D eigenvalue weighted by Gasteiger charge is 2.14. The molecule has 0 aliphatic carbocycles. The van der Waals surface area contributed by atoms with Crippen molar-refractivity contribution in [1.29, 1.82) is 0 Å². The van der Waals surface area contributed by atoms with E-state index in [1.54, 1.807) is 18.6 Å². The van der Waals surface area contributed by atoms with E-state index in [0.29, 0.717) is 22.1 Å². The lowest BCUT2D eigenvalue weighted by Gasteiger charge is -2.08. The van der Waals surface area contributed by atoms with E-state index >= 15 is 0 Å². The van der Waals surface area contributed by atoms with Gasteiger partial charge in [-0.3, -0.25) is 9.78 Å². The molecular weight excluding hydrogens is 382 g/mol. The van der Waals surface area contributed by atoms with Crippen LogP contribution >= 0.6 is 22.9 Å². The number of carbonyl (C=O) groups is 1. The Balaban J connectivity index is 1.58. The van der Waals surface area contributed by atoms with Gasteiger partial charge in [-0.05, 0) is 37.0 Å². The van der Waals surface area contributed by atoms with Crippen molar-refractivity contribution in [2.24, 2.45) is 0 Å². The van der Waals surface area contributed by atoms with Crippen LogP contribution in [-0.2, 0) is 0 Å². The number of aryl methyl sites for hydroxylation is 2.